The lowest BCUT2D eigenvalue weighted by Crippen LogP contribution is -2.19. The summed E-state index contributed by atoms with van der Waals surface area (Å²) in [5.41, 5.74) is 0.496. The van der Waals surface area contributed by atoms with Gasteiger partial charge in [-0.05, 0) is 45.0 Å². The standard InChI is InChI=1S/C17H26O6/c1-4-19-10-11-20-12-13-22-14(3)23-16-8-6-15(7-9-16)17(18)21-5-2/h6-9,14H,4-5,10-13H2,1-3H3. The van der Waals surface area contributed by atoms with Gasteiger partial charge < -0.3 is 23.7 Å². The Balaban J connectivity index is 2.21. The van der Waals surface area contributed by atoms with E-state index in [0.717, 1.165) is 0 Å². The molecule has 0 saturated heterocycles. The van der Waals surface area contributed by atoms with Crippen LogP contribution in [-0.2, 0) is 18.9 Å². The highest BCUT2D eigenvalue weighted by Gasteiger charge is 2.08. The number of hydrogen-bond donors (Lipinski definition) is 0. The van der Waals surface area contributed by atoms with E-state index in [9.17, 15) is 4.79 Å². The molecule has 1 rings (SSSR count). The molecule has 0 bridgehead atoms. The third kappa shape index (κ3) is 8.54. The van der Waals surface area contributed by atoms with Crippen LogP contribution in [0.25, 0.3) is 0 Å². The van der Waals surface area contributed by atoms with Gasteiger partial charge in [0.15, 0.2) is 6.29 Å². The lowest BCUT2D eigenvalue weighted by molar-refractivity contribution is -0.0859. The number of rotatable bonds is 12. The molecule has 0 spiro atoms. The van der Waals surface area contributed by atoms with Gasteiger partial charge in [-0.2, -0.15) is 0 Å². The molecule has 0 fully saturated rings. The lowest BCUT2D eigenvalue weighted by atomic mass is 10.2. The van der Waals surface area contributed by atoms with E-state index < -0.39 is 6.29 Å². The largest absolute Gasteiger partial charge is 0.465 e. The Morgan fingerprint density at radius 2 is 1.61 bits per heavy atom. The van der Waals surface area contributed by atoms with Gasteiger partial charge in [-0.25, -0.2) is 4.79 Å². The van der Waals surface area contributed by atoms with Crippen LogP contribution in [0.1, 0.15) is 31.1 Å². The predicted octanol–water partition coefficient (Wildman–Crippen LogP) is 2.66. The molecule has 1 aromatic carbocycles. The fourth-order valence-electron chi connectivity index (χ4n) is 1.75. The predicted molar refractivity (Wildman–Crippen MR) is 85.8 cm³/mol. The molecule has 0 heterocycles. The van der Waals surface area contributed by atoms with E-state index in [0.29, 0.717) is 51.0 Å². The minimum Gasteiger partial charge on any atom is -0.465 e. The molecule has 0 saturated carbocycles. The molecule has 23 heavy (non-hydrogen) atoms. The van der Waals surface area contributed by atoms with Crippen molar-refractivity contribution in [1.82, 2.24) is 0 Å². The van der Waals surface area contributed by atoms with Crippen molar-refractivity contribution in [2.75, 3.05) is 39.6 Å². The van der Waals surface area contributed by atoms with Crippen molar-refractivity contribution in [2.45, 2.75) is 27.1 Å². The van der Waals surface area contributed by atoms with Gasteiger partial charge in [0.25, 0.3) is 0 Å². The highest BCUT2D eigenvalue weighted by molar-refractivity contribution is 5.89. The van der Waals surface area contributed by atoms with E-state index in [1.807, 2.05) is 6.92 Å². The number of benzene rings is 1. The summed E-state index contributed by atoms with van der Waals surface area (Å²) >= 11 is 0. The third-order valence-corrected chi connectivity index (χ3v) is 2.82. The molecule has 1 unspecified atom stereocenters. The molecule has 0 aliphatic rings. The van der Waals surface area contributed by atoms with Crippen LogP contribution in [0.5, 0.6) is 5.75 Å². The second kappa shape index (κ2) is 11.9. The monoisotopic (exact) mass is 326 g/mol. The fourth-order valence-corrected chi connectivity index (χ4v) is 1.75. The maximum absolute atomic E-state index is 11.5. The Morgan fingerprint density at radius 3 is 2.26 bits per heavy atom. The van der Waals surface area contributed by atoms with E-state index in [-0.39, 0.29) is 5.97 Å². The molecule has 1 aromatic rings. The van der Waals surface area contributed by atoms with Gasteiger partial charge in [-0.15, -0.1) is 0 Å². The molecule has 130 valence electrons. The molecule has 0 radical (unpaired) electrons. The van der Waals surface area contributed by atoms with E-state index in [4.69, 9.17) is 23.7 Å². The molecule has 0 aromatic heterocycles. The van der Waals surface area contributed by atoms with Crippen molar-refractivity contribution in [2.24, 2.45) is 0 Å². The minimum absolute atomic E-state index is 0.340. The molecular weight excluding hydrogens is 300 g/mol. The summed E-state index contributed by atoms with van der Waals surface area (Å²) < 4.78 is 26.5. The molecular formula is C17H26O6. The van der Waals surface area contributed by atoms with Gasteiger partial charge >= 0.3 is 5.97 Å². The van der Waals surface area contributed by atoms with Crippen LogP contribution in [0.4, 0.5) is 0 Å². The zero-order valence-corrected chi connectivity index (χ0v) is 14.1. The summed E-state index contributed by atoms with van der Waals surface area (Å²) in [7, 11) is 0. The Morgan fingerprint density at radius 1 is 0.957 bits per heavy atom. The van der Waals surface area contributed by atoms with Crippen LogP contribution in [-0.4, -0.2) is 51.9 Å². The molecule has 0 aliphatic heterocycles. The minimum atomic E-state index is -0.404. The summed E-state index contributed by atoms with van der Waals surface area (Å²) in [6, 6.07) is 6.75. The van der Waals surface area contributed by atoms with Crippen molar-refractivity contribution in [3.8, 4) is 5.75 Å². The van der Waals surface area contributed by atoms with Gasteiger partial charge in [0.05, 0.1) is 38.6 Å². The highest BCUT2D eigenvalue weighted by Crippen LogP contribution is 2.15. The topological polar surface area (TPSA) is 63.2 Å². The summed E-state index contributed by atoms with van der Waals surface area (Å²) in [4.78, 5) is 11.5. The van der Waals surface area contributed by atoms with Crippen LogP contribution in [0.15, 0.2) is 24.3 Å². The summed E-state index contributed by atoms with van der Waals surface area (Å²) in [6.45, 7) is 8.65. The van der Waals surface area contributed by atoms with Crippen LogP contribution in [0.3, 0.4) is 0 Å². The van der Waals surface area contributed by atoms with Crippen LogP contribution in [0.2, 0.25) is 0 Å². The molecule has 0 amide bonds. The van der Waals surface area contributed by atoms with Crippen molar-refractivity contribution in [3.63, 3.8) is 0 Å². The van der Waals surface area contributed by atoms with Crippen molar-refractivity contribution >= 4 is 5.97 Å². The SMILES string of the molecule is CCOCCOCCOC(C)Oc1ccc(C(=O)OCC)cc1. The van der Waals surface area contributed by atoms with Crippen LogP contribution < -0.4 is 4.74 Å². The molecule has 6 nitrogen and oxygen atoms in total. The quantitative estimate of drug-likeness (QED) is 0.334. The van der Waals surface area contributed by atoms with Crippen LogP contribution in [0, 0.1) is 0 Å². The number of carbonyl (C=O) groups is 1. The van der Waals surface area contributed by atoms with E-state index >= 15 is 0 Å². The zero-order valence-electron chi connectivity index (χ0n) is 14.1. The normalized spacial score (nSPS) is 12.0. The first-order valence-electron chi connectivity index (χ1n) is 7.88. The average molecular weight is 326 g/mol. The van der Waals surface area contributed by atoms with E-state index in [1.54, 1.807) is 38.1 Å². The summed E-state index contributed by atoms with van der Waals surface area (Å²) in [5.74, 6) is 0.287. The van der Waals surface area contributed by atoms with Gasteiger partial charge in [0, 0.05) is 6.61 Å². The van der Waals surface area contributed by atoms with Gasteiger partial charge in [0.2, 0.25) is 0 Å². The maximum atomic E-state index is 11.5. The van der Waals surface area contributed by atoms with Gasteiger partial charge in [0.1, 0.15) is 5.75 Å². The Labute approximate surface area is 137 Å². The zero-order chi connectivity index (χ0) is 16.9. The van der Waals surface area contributed by atoms with Crippen molar-refractivity contribution < 1.29 is 28.5 Å². The maximum Gasteiger partial charge on any atom is 0.338 e. The molecule has 0 aliphatic carbocycles. The van der Waals surface area contributed by atoms with Crippen molar-refractivity contribution in [1.29, 1.82) is 0 Å². The molecule has 6 heteroatoms. The van der Waals surface area contributed by atoms with Gasteiger partial charge in [-0.1, -0.05) is 0 Å². The third-order valence-electron chi connectivity index (χ3n) is 2.82. The van der Waals surface area contributed by atoms with E-state index in [1.165, 1.54) is 0 Å². The number of carbonyl (C=O) groups excluding carboxylic acids is 1. The fraction of sp³-hybridized carbons (Fsp3) is 0.588. The molecule has 0 N–H and O–H groups in total. The van der Waals surface area contributed by atoms with Crippen LogP contribution >= 0.6 is 0 Å². The average Bonchev–Trinajstić information content (AvgIpc) is 2.55. The first-order valence-corrected chi connectivity index (χ1v) is 7.88. The molecule has 1 atom stereocenters. The first kappa shape index (κ1) is 19.4. The Kier molecular flexibility index (Phi) is 10.0. The lowest BCUT2D eigenvalue weighted by Gasteiger charge is -2.15. The highest BCUT2D eigenvalue weighted by atomic mass is 16.7. The second-order valence-corrected chi connectivity index (χ2v) is 4.61. The Hall–Kier alpha value is -1.63. The van der Waals surface area contributed by atoms with Gasteiger partial charge in [-0.3, -0.25) is 0 Å². The smallest absolute Gasteiger partial charge is 0.338 e. The second-order valence-electron chi connectivity index (χ2n) is 4.61. The first-order chi connectivity index (χ1) is 11.2. The van der Waals surface area contributed by atoms with Crippen molar-refractivity contribution in [3.05, 3.63) is 29.8 Å². The number of hydrogen-bond acceptors (Lipinski definition) is 6. The van der Waals surface area contributed by atoms with E-state index in [2.05, 4.69) is 0 Å². The summed E-state index contributed by atoms with van der Waals surface area (Å²) in [5, 5.41) is 0. The summed E-state index contributed by atoms with van der Waals surface area (Å²) in [6.07, 6.45) is -0.404. The number of esters is 1. The Bertz CT molecular complexity index is 431. The number of ether oxygens (including phenoxy) is 5.